The molecule has 0 spiro atoms. The molecule has 1 N–H and O–H groups in total. The average Bonchev–Trinajstić information content (AvgIpc) is 2.46. The second-order valence-electron chi connectivity index (χ2n) is 4.19. The molecule has 0 heterocycles. The number of hydrogen-bond donors (Lipinski definition) is 1. The number of alkyl halides is 1. The van der Waals surface area contributed by atoms with Crippen LogP contribution >= 0.6 is 23.2 Å². The van der Waals surface area contributed by atoms with Crippen molar-refractivity contribution in [3.63, 3.8) is 0 Å². The highest BCUT2D eigenvalue weighted by Gasteiger charge is 2.20. The van der Waals surface area contributed by atoms with E-state index in [-0.39, 0.29) is 10.8 Å². The quantitative estimate of drug-likeness (QED) is 0.852. The first-order valence-corrected chi connectivity index (χ1v) is 8.31. The summed E-state index contributed by atoms with van der Waals surface area (Å²) in [5.41, 5.74) is 0.819. The largest absolute Gasteiger partial charge is 0.241 e. The van der Waals surface area contributed by atoms with Crippen LogP contribution in [-0.4, -0.2) is 14.3 Å². The van der Waals surface area contributed by atoms with Crippen LogP contribution in [0.2, 0.25) is 5.02 Å². The van der Waals surface area contributed by atoms with Crippen LogP contribution in [0.5, 0.6) is 0 Å². The molecule has 1 atom stereocenters. The third-order valence-corrected chi connectivity index (χ3v) is 4.83. The molecule has 6 heteroatoms. The molecule has 0 unspecified atom stereocenters. The Morgan fingerprint density at radius 2 is 1.60 bits per heavy atom. The van der Waals surface area contributed by atoms with Gasteiger partial charge in [0.2, 0.25) is 10.0 Å². The maximum atomic E-state index is 12.3. The lowest BCUT2D eigenvalue weighted by Gasteiger charge is -2.16. The van der Waals surface area contributed by atoms with Gasteiger partial charge in [0.1, 0.15) is 0 Å². The predicted octanol–water partition coefficient (Wildman–Crippen LogP) is 3.60. The highest BCUT2D eigenvalue weighted by Crippen LogP contribution is 2.19. The first-order chi connectivity index (χ1) is 9.53. The Morgan fingerprint density at radius 3 is 2.15 bits per heavy atom. The minimum Gasteiger partial charge on any atom is -0.207 e. The summed E-state index contributed by atoms with van der Waals surface area (Å²) in [5, 5.41) is 0.487. The summed E-state index contributed by atoms with van der Waals surface area (Å²) < 4.78 is 27.1. The Hall–Kier alpha value is -1.07. The van der Waals surface area contributed by atoms with Gasteiger partial charge in [0.05, 0.1) is 10.9 Å². The molecular formula is C14H13Cl2NO2S. The van der Waals surface area contributed by atoms with Gasteiger partial charge in [-0.05, 0) is 29.8 Å². The Kier molecular flexibility index (Phi) is 5.05. The second kappa shape index (κ2) is 6.59. The first-order valence-electron chi connectivity index (χ1n) is 5.92. The van der Waals surface area contributed by atoms with E-state index in [0.29, 0.717) is 5.02 Å². The number of halogens is 2. The summed E-state index contributed by atoms with van der Waals surface area (Å²) in [7, 11) is -3.63. The van der Waals surface area contributed by atoms with Gasteiger partial charge >= 0.3 is 0 Å². The molecule has 2 rings (SSSR count). The van der Waals surface area contributed by atoms with Gasteiger partial charge in [-0.2, -0.15) is 0 Å². The summed E-state index contributed by atoms with van der Waals surface area (Å²) in [5.74, 6) is 0.150. The van der Waals surface area contributed by atoms with E-state index in [2.05, 4.69) is 4.72 Å². The summed E-state index contributed by atoms with van der Waals surface area (Å²) in [6, 6.07) is 14.7. The van der Waals surface area contributed by atoms with Crippen molar-refractivity contribution in [1.82, 2.24) is 4.72 Å². The van der Waals surface area contributed by atoms with Crippen LogP contribution in [0.4, 0.5) is 0 Å². The molecule has 3 nitrogen and oxygen atoms in total. The van der Waals surface area contributed by atoms with Gasteiger partial charge < -0.3 is 0 Å². The standard InChI is InChI=1S/C14H13Cl2NO2S/c15-10-14(11-4-2-1-3-5-11)17-20(18,19)13-8-6-12(16)7-9-13/h1-9,14,17H,10H2/t14-/m1/s1. The van der Waals surface area contributed by atoms with Gasteiger partial charge in [0.25, 0.3) is 0 Å². The van der Waals surface area contributed by atoms with Crippen molar-refractivity contribution in [2.45, 2.75) is 10.9 Å². The minimum absolute atomic E-state index is 0.150. The lowest BCUT2D eigenvalue weighted by molar-refractivity contribution is 0.568. The van der Waals surface area contributed by atoms with Gasteiger partial charge in [-0.3, -0.25) is 0 Å². The zero-order valence-electron chi connectivity index (χ0n) is 10.5. The molecule has 0 amide bonds. The smallest absolute Gasteiger partial charge is 0.207 e. The SMILES string of the molecule is O=S(=O)(N[C@H](CCl)c1ccccc1)c1ccc(Cl)cc1. The summed E-state index contributed by atoms with van der Waals surface area (Å²) >= 11 is 11.6. The molecule has 0 radical (unpaired) electrons. The number of nitrogens with one attached hydrogen (secondary N) is 1. The van der Waals surface area contributed by atoms with Gasteiger partial charge in [-0.25, -0.2) is 13.1 Å². The summed E-state index contributed by atoms with van der Waals surface area (Å²) in [6.45, 7) is 0. The van der Waals surface area contributed by atoms with Crippen molar-refractivity contribution in [2.24, 2.45) is 0 Å². The highest BCUT2D eigenvalue weighted by atomic mass is 35.5. The van der Waals surface area contributed by atoms with E-state index < -0.39 is 16.1 Å². The van der Waals surface area contributed by atoms with Gasteiger partial charge in [-0.15, -0.1) is 11.6 Å². The molecule has 2 aromatic rings. The molecule has 0 aliphatic rings. The van der Waals surface area contributed by atoms with Crippen LogP contribution in [0.15, 0.2) is 59.5 Å². The molecule has 0 saturated heterocycles. The Labute approximate surface area is 128 Å². The minimum atomic E-state index is -3.63. The van der Waals surface area contributed by atoms with Crippen molar-refractivity contribution < 1.29 is 8.42 Å². The molecule has 106 valence electrons. The Balaban J connectivity index is 2.24. The maximum absolute atomic E-state index is 12.3. The third kappa shape index (κ3) is 3.73. The number of hydrogen-bond acceptors (Lipinski definition) is 2. The number of rotatable bonds is 5. The van der Waals surface area contributed by atoms with Crippen LogP contribution in [0.3, 0.4) is 0 Å². The summed E-state index contributed by atoms with van der Waals surface area (Å²) in [6.07, 6.45) is 0. The monoisotopic (exact) mass is 329 g/mol. The van der Waals surface area contributed by atoms with E-state index in [9.17, 15) is 8.42 Å². The molecule has 0 aliphatic carbocycles. The topological polar surface area (TPSA) is 46.2 Å². The van der Waals surface area contributed by atoms with E-state index in [4.69, 9.17) is 23.2 Å². The highest BCUT2D eigenvalue weighted by molar-refractivity contribution is 7.89. The fraction of sp³-hybridized carbons (Fsp3) is 0.143. The fourth-order valence-corrected chi connectivity index (χ4v) is 3.44. The molecule has 0 fully saturated rings. The molecule has 0 aliphatic heterocycles. The number of benzene rings is 2. The van der Waals surface area contributed by atoms with Gasteiger partial charge in [0, 0.05) is 10.9 Å². The van der Waals surface area contributed by atoms with E-state index in [1.54, 1.807) is 0 Å². The predicted molar refractivity (Wildman–Crippen MR) is 81.7 cm³/mol. The van der Waals surface area contributed by atoms with Crippen LogP contribution in [-0.2, 0) is 10.0 Å². The fourth-order valence-electron chi connectivity index (χ4n) is 1.74. The van der Waals surface area contributed by atoms with E-state index in [0.717, 1.165) is 5.56 Å². The third-order valence-electron chi connectivity index (χ3n) is 2.78. The second-order valence-corrected chi connectivity index (χ2v) is 6.65. The van der Waals surface area contributed by atoms with Crippen molar-refractivity contribution in [3.8, 4) is 0 Å². The Bertz CT molecular complexity index is 657. The molecule has 0 saturated carbocycles. The zero-order valence-corrected chi connectivity index (χ0v) is 12.8. The van der Waals surface area contributed by atoms with Crippen molar-refractivity contribution in [3.05, 3.63) is 65.2 Å². The van der Waals surface area contributed by atoms with E-state index in [1.165, 1.54) is 24.3 Å². The Morgan fingerprint density at radius 1 is 1.00 bits per heavy atom. The van der Waals surface area contributed by atoms with Crippen molar-refractivity contribution in [2.75, 3.05) is 5.88 Å². The van der Waals surface area contributed by atoms with Crippen molar-refractivity contribution in [1.29, 1.82) is 0 Å². The molecule has 2 aromatic carbocycles. The zero-order chi connectivity index (χ0) is 14.6. The van der Waals surface area contributed by atoms with Crippen LogP contribution < -0.4 is 4.72 Å². The van der Waals surface area contributed by atoms with E-state index >= 15 is 0 Å². The van der Waals surface area contributed by atoms with E-state index in [1.807, 2.05) is 30.3 Å². The van der Waals surface area contributed by atoms with Crippen LogP contribution in [0, 0.1) is 0 Å². The lowest BCUT2D eigenvalue weighted by Crippen LogP contribution is -2.29. The molecule has 0 aromatic heterocycles. The summed E-state index contributed by atoms with van der Waals surface area (Å²) in [4.78, 5) is 0.160. The van der Waals surface area contributed by atoms with Crippen molar-refractivity contribution >= 4 is 33.2 Å². The molecular weight excluding hydrogens is 317 g/mol. The first kappa shape index (κ1) is 15.3. The van der Waals surface area contributed by atoms with Crippen LogP contribution in [0.25, 0.3) is 0 Å². The average molecular weight is 330 g/mol. The normalized spacial score (nSPS) is 13.1. The van der Waals surface area contributed by atoms with Gasteiger partial charge in [-0.1, -0.05) is 41.9 Å². The maximum Gasteiger partial charge on any atom is 0.241 e. The number of sulfonamides is 1. The van der Waals surface area contributed by atoms with Crippen LogP contribution in [0.1, 0.15) is 11.6 Å². The lowest BCUT2D eigenvalue weighted by atomic mass is 10.1. The molecule has 20 heavy (non-hydrogen) atoms. The molecule has 0 bridgehead atoms. The van der Waals surface area contributed by atoms with Gasteiger partial charge in [0.15, 0.2) is 0 Å².